The van der Waals surface area contributed by atoms with E-state index in [1.54, 1.807) is 0 Å². The molecule has 3 atom stereocenters. The number of phosphoric ester groups is 1. The third kappa shape index (κ3) is 53.0. The number of carbonyl (C=O) groups excluding carboxylic acids is 3. The van der Waals surface area contributed by atoms with Crippen molar-refractivity contribution in [1.82, 2.24) is 0 Å². The molecule has 0 bridgehead atoms. The molecule has 0 amide bonds. The topological polar surface area (TPSA) is 155 Å². The van der Waals surface area contributed by atoms with Crippen molar-refractivity contribution in [2.24, 2.45) is 0 Å². The Kier molecular flexibility index (Phi) is 52.5. The van der Waals surface area contributed by atoms with Crippen molar-refractivity contribution in [3.05, 3.63) is 109 Å². The Morgan fingerprint density at radius 2 is 0.716 bits per heavy atom. The summed E-state index contributed by atoms with van der Waals surface area (Å²) in [6.07, 6.45) is 66.2. The molecule has 74 heavy (non-hydrogen) atoms. The van der Waals surface area contributed by atoms with E-state index in [9.17, 15) is 28.9 Å². The standard InChI is InChI=1S/C62H103O11P/c1-4-7-10-13-16-19-22-25-27-29-31-34-36-39-42-45-48-51-60(64)69-55-59(73-62(66)53-50-47-44-41-38-35-32-30-28-26-23-20-17-14-11-8-5-2)57-71-74(67,68)70-56-58(54-63)72-61(65)52-49-46-43-40-37-33-24-21-18-15-12-9-6-3/h7-8,10-11,16-17,19-20,25-28,31-32,34-35,39,42,58-59,63H,4-6,9,12-15,18,21-24,29-30,33,36-38,40-41,43-57H2,1-3H3,(H,67,68)/b10-7-,11-8-,19-16-,20-17-,27-25-,28-26-,34-31-,35-32-,42-39-. The van der Waals surface area contributed by atoms with Gasteiger partial charge in [0.2, 0.25) is 0 Å². The number of allylic oxidation sites excluding steroid dienone is 18. The Labute approximate surface area is 450 Å². The molecule has 0 aromatic carbocycles. The molecule has 0 spiro atoms. The molecule has 0 aromatic heterocycles. The van der Waals surface area contributed by atoms with E-state index in [0.717, 1.165) is 103 Å². The molecule has 11 nitrogen and oxygen atoms in total. The van der Waals surface area contributed by atoms with Crippen molar-refractivity contribution in [3.63, 3.8) is 0 Å². The molecule has 0 aliphatic rings. The van der Waals surface area contributed by atoms with Gasteiger partial charge in [-0.15, -0.1) is 0 Å². The third-order valence-corrected chi connectivity index (χ3v) is 12.6. The monoisotopic (exact) mass is 1050 g/mol. The number of phosphoric acid groups is 1. The van der Waals surface area contributed by atoms with Crippen LogP contribution in [0.15, 0.2) is 109 Å². The van der Waals surface area contributed by atoms with E-state index in [-0.39, 0.29) is 25.9 Å². The second-order valence-electron chi connectivity index (χ2n) is 18.7. The smallest absolute Gasteiger partial charge is 0.462 e. The zero-order valence-electron chi connectivity index (χ0n) is 46.5. The fourth-order valence-corrected chi connectivity index (χ4v) is 8.17. The van der Waals surface area contributed by atoms with Crippen molar-refractivity contribution >= 4 is 25.7 Å². The van der Waals surface area contributed by atoms with Crippen LogP contribution in [0.2, 0.25) is 0 Å². The molecule has 0 rings (SSSR count). The molecule has 0 aliphatic carbocycles. The second-order valence-corrected chi connectivity index (χ2v) is 20.1. The number of aliphatic hydroxyl groups is 1. The second kappa shape index (κ2) is 55.4. The minimum absolute atomic E-state index is 0.123. The summed E-state index contributed by atoms with van der Waals surface area (Å²) in [5.74, 6) is -1.57. The number of aliphatic hydroxyl groups excluding tert-OH is 1. The normalized spacial score (nSPS) is 14.2. The summed E-state index contributed by atoms with van der Waals surface area (Å²) in [4.78, 5) is 48.5. The lowest BCUT2D eigenvalue weighted by molar-refractivity contribution is -0.161. The largest absolute Gasteiger partial charge is 0.472 e. The highest BCUT2D eigenvalue weighted by atomic mass is 31.2. The maximum Gasteiger partial charge on any atom is 0.472 e. The van der Waals surface area contributed by atoms with Crippen molar-refractivity contribution < 1.29 is 52.2 Å². The predicted molar refractivity (Wildman–Crippen MR) is 307 cm³/mol. The summed E-state index contributed by atoms with van der Waals surface area (Å²) in [6.45, 7) is 4.32. The van der Waals surface area contributed by atoms with Crippen molar-refractivity contribution in [3.8, 4) is 0 Å². The van der Waals surface area contributed by atoms with E-state index in [4.69, 9.17) is 23.3 Å². The molecule has 0 saturated carbocycles. The Balaban J connectivity index is 4.86. The minimum Gasteiger partial charge on any atom is -0.462 e. The van der Waals surface area contributed by atoms with Crippen LogP contribution in [-0.4, -0.2) is 66.5 Å². The van der Waals surface area contributed by atoms with E-state index in [0.29, 0.717) is 25.7 Å². The first-order valence-corrected chi connectivity index (χ1v) is 30.3. The molecular formula is C62H103O11P. The molecule has 0 aliphatic heterocycles. The van der Waals surface area contributed by atoms with E-state index < -0.39 is 57.8 Å². The minimum atomic E-state index is -4.77. The van der Waals surface area contributed by atoms with Crippen LogP contribution in [0.4, 0.5) is 0 Å². The summed E-state index contributed by atoms with van der Waals surface area (Å²) >= 11 is 0. The zero-order chi connectivity index (χ0) is 54.1. The van der Waals surface area contributed by atoms with Crippen LogP contribution in [0.3, 0.4) is 0 Å². The first-order valence-electron chi connectivity index (χ1n) is 28.8. The lowest BCUT2D eigenvalue weighted by Gasteiger charge is -2.21. The molecule has 3 unspecified atom stereocenters. The Morgan fingerprint density at radius 3 is 1.12 bits per heavy atom. The van der Waals surface area contributed by atoms with Gasteiger partial charge >= 0.3 is 25.7 Å². The summed E-state index contributed by atoms with van der Waals surface area (Å²) < 4.78 is 39.4. The van der Waals surface area contributed by atoms with E-state index in [1.165, 1.54) is 57.8 Å². The number of rotatable bonds is 52. The van der Waals surface area contributed by atoms with E-state index >= 15 is 0 Å². The van der Waals surface area contributed by atoms with Gasteiger partial charge in [-0.1, -0.05) is 220 Å². The van der Waals surface area contributed by atoms with Gasteiger partial charge in [-0.05, 0) is 96.3 Å². The molecule has 0 heterocycles. The average Bonchev–Trinajstić information content (AvgIpc) is 3.39. The maximum absolute atomic E-state index is 12.9. The fourth-order valence-electron chi connectivity index (χ4n) is 7.38. The Hall–Kier alpha value is -3.86. The number of esters is 3. The quantitative estimate of drug-likeness (QED) is 0.0197. The van der Waals surface area contributed by atoms with Gasteiger partial charge < -0.3 is 24.2 Å². The molecule has 0 saturated heterocycles. The van der Waals surface area contributed by atoms with Crippen LogP contribution < -0.4 is 0 Å². The SMILES string of the molecule is CC/C=C\C/C=C\C/C=C\C/C=C\C/C=C\CCCC(=O)OCC(COP(=O)(O)OCC(CO)OC(=O)CCCCCCCCCCCCCCC)OC(=O)CCCCCC/C=C\C/C=C\C/C=C\C/C=C\CC. The number of carbonyl (C=O) groups is 3. The summed E-state index contributed by atoms with van der Waals surface area (Å²) in [7, 11) is -4.77. The van der Waals surface area contributed by atoms with Crippen LogP contribution in [0, 0.1) is 0 Å². The molecule has 0 aromatic rings. The lowest BCUT2D eigenvalue weighted by Crippen LogP contribution is -2.30. The molecule has 2 N–H and O–H groups in total. The molecule has 0 radical (unpaired) electrons. The third-order valence-electron chi connectivity index (χ3n) is 11.7. The number of ether oxygens (including phenoxy) is 3. The molecular weight excluding hydrogens is 952 g/mol. The zero-order valence-corrected chi connectivity index (χ0v) is 47.4. The number of hydrogen-bond acceptors (Lipinski definition) is 10. The van der Waals surface area contributed by atoms with Crippen LogP contribution in [0.1, 0.15) is 226 Å². The van der Waals surface area contributed by atoms with Gasteiger partial charge in [-0.25, -0.2) is 4.57 Å². The highest BCUT2D eigenvalue weighted by molar-refractivity contribution is 7.47. The first-order chi connectivity index (χ1) is 36.2. The van der Waals surface area contributed by atoms with E-state index in [1.807, 2.05) is 6.08 Å². The van der Waals surface area contributed by atoms with Gasteiger partial charge in [-0.2, -0.15) is 0 Å². The Morgan fingerprint density at radius 1 is 0.392 bits per heavy atom. The van der Waals surface area contributed by atoms with Gasteiger partial charge in [0.25, 0.3) is 0 Å². The average molecular weight is 1060 g/mol. The fraction of sp³-hybridized carbons (Fsp3) is 0.661. The first kappa shape index (κ1) is 70.1. The molecule has 0 fully saturated rings. The van der Waals surface area contributed by atoms with Crippen molar-refractivity contribution in [1.29, 1.82) is 0 Å². The van der Waals surface area contributed by atoms with Crippen LogP contribution in [0.5, 0.6) is 0 Å². The Bertz CT molecular complexity index is 1660. The van der Waals surface area contributed by atoms with Crippen LogP contribution >= 0.6 is 7.82 Å². The maximum atomic E-state index is 12.9. The lowest BCUT2D eigenvalue weighted by atomic mass is 10.0. The van der Waals surface area contributed by atoms with Gasteiger partial charge in [0.1, 0.15) is 12.7 Å². The number of hydrogen-bond donors (Lipinski definition) is 2. The molecule has 422 valence electrons. The van der Waals surface area contributed by atoms with Gasteiger partial charge in [0.15, 0.2) is 6.10 Å². The predicted octanol–water partition coefficient (Wildman–Crippen LogP) is 17.0. The van der Waals surface area contributed by atoms with Crippen LogP contribution in [0.25, 0.3) is 0 Å². The highest BCUT2D eigenvalue weighted by Crippen LogP contribution is 2.43. The van der Waals surface area contributed by atoms with Gasteiger partial charge in [0, 0.05) is 19.3 Å². The summed E-state index contributed by atoms with van der Waals surface area (Å²) in [6, 6.07) is 0. The van der Waals surface area contributed by atoms with Crippen LogP contribution in [-0.2, 0) is 42.2 Å². The van der Waals surface area contributed by atoms with Gasteiger partial charge in [-0.3, -0.25) is 23.4 Å². The molecule has 12 heteroatoms. The number of unbranched alkanes of at least 4 members (excludes halogenated alkanes) is 17. The summed E-state index contributed by atoms with van der Waals surface area (Å²) in [5, 5.41) is 9.81. The van der Waals surface area contributed by atoms with Crippen molar-refractivity contribution in [2.45, 2.75) is 238 Å². The highest BCUT2D eigenvalue weighted by Gasteiger charge is 2.28. The van der Waals surface area contributed by atoms with Gasteiger partial charge in [0.05, 0.1) is 19.8 Å². The van der Waals surface area contributed by atoms with E-state index in [2.05, 4.69) is 124 Å². The van der Waals surface area contributed by atoms with Crippen molar-refractivity contribution in [2.75, 3.05) is 26.4 Å². The summed E-state index contributed by atoms with van der Waals surface area (Å²) in [5.41, 5.74) is 0.